The highest BCUT2D eigenvalue weighted by atomic mass is 32.2. The standard InChI is InChI=1S/C17H26O4S/c1-5-6-7-15(3)12-16(13-20-4)21-22(18,19)17-10-8-14(2)9-11-17/h5,8-11,15-16H,1,6-7,12-13H2,2-4H3. The molecule has 0 aliphatic carbocycles. The molecule has 0 N–H and O–H groups in total. The van der Waals surface area contributed by atoms with Crippen LogP contribution in [0.1, 0.15) is 31.7 Å². The summed E-state index contributed by atoms with van der Waals surface area (Å²) in [6, 6.07) is 6.65. The molecule has 0 amide bonds. The summed E-state index contributed by atoms with van der Waals surface area (Å²) in [5.41, 5.74) is 1.01. The maximum atomic E-state index is 12.3. The number of benzene rings is 1. The molecule has 1 rings (SSSR count). The van der Waals surface area contributed by atoms with Gasteiger partial charge in [0.15, 0.2) is 0 Å². The zero-order valence-electron chi connectivity index (χ0n) is 13.6. The van der Waals surface area contributed by atoms with Gasteiger partial charge in [-0.3, -0.25) is 4.18 Å². The van der Waals surface area contributed by atoms with Crippen molar-refractivity contribution in [1.29, 1.82) is 0 Å². The van der Waals surface area contributed by atoms with E-state index in [4.69, 9.17) is 8.92 Å². The van der Waals surface area contributed by atoms with Crippen molar-refractivity contribution in [2.45, 2.75) is 44.1 Å². The van der Waals surface area contributed by atoms with E-state index in [0.29, 0.717) is 12.3 Å². The van der Waals surface area contributed by atoms with Crippen LogP contribution in [0.3, 0.4) is 0 Å². The fourth-order valence-electron chi connectivity index (χ4n) is 2.23. The minimum atomic E-state index is -3.76. The lowest BCUT2D eigenvalue weighted by atomic mass is 9.99. The predicted molar refractivity (Wildman–Crippen MR) is 88.3 cm³/mol. The molecule has 22 heavy (non-hydrogen) atoms. The second-order valence-electron chi connectivity index (χ2n) is 5.65. The van der Waals surface area contributed by atoms with Gasteiger partial charge in [-0.05, 0) is 44.2 Å². The molecule has 2 atom stereocenters. The second-order valence-corrected chi connectivity index (χ2v) is 7.22. The zero-order valence-corrected chi connectivity index (χ0v) is 14.4. The smallest absolute Gasteiger partial charge is 0.297 e. The van der Waals surface area contributed by atoms with Gasteiger partial charge in [0, 0.05) is 7.11 Å². The first-order chi connectivity index (χ1) is 10.4. The number of aryl methyl sites for hydroxylation is 1. The number of rotatable bonds is 10. The lowest BCUT2D eigenvalue weighted by molar-refractivity contribution is 0.0699. The van der Waals surface area contributed by atoms with Crippen molar-refractivity contribution >= 4 is 10.1 Å². The van der Waals surface area contributed by atoms with Crippen molar-refractivity contribution in [3.8, 4) is 0 Å². The summed E-state index contributed by atoms with van der Waals surface area (Å²) in [4.78, 5) is 0.179. The van der Waals surface area contributed by atoms with Gasteiger partial charge in [-0.25, -0.2) is 0 Å². The molecule has 0 aliphatic heterocycles. The number of allylic oxidation sites excluding steroid dienone is 1. The summed E-state index contributed by atoms with van der Waals surface area (Å²) in [6.07, 6.45) is 3.89. The van der Waals surface area contributed by atoms with Gasteiger partial charge < -0.3 is 4.74 Å². The molecule has 0 bridgehead atoms. The molecule has 0 radical (unpaired) electrons. The Labute approximate surface area is 134 Å². The molecule has 1 aromatic rings. The first kappa shape index (κ1) is 18.9. The van der Waals surface area contributed by atoms with E-state index in [1.807, 2.05) is 13.0 Å². The van der Waals surface area contributed by atoms with Crippen molar-refractivity contribution in [3.63, 3.8) is 0 Å². The molecular weight excluding hydrogens is 300 g/mol. The summed E-state index contributed by atoms with van der Waals surface area (Å²) < 4.78 is 35.1. The number of methoxy groups -OCH3 is 1. The topological polar surface area (TPSA) is 52.6 Å². The summed E-state index contributed by atoms with van der Waals surface area (Å²) in [5, 5.41) is 0. The van der Waals surface area contributed by atoms with Crippen LogP contribution in [0.5, 0.6) is 0 Å². The van der Waals surface area contributed by atoms with Gasteiger partial charge in [-0.1, -0.05) is 30.7 Å². The van der Waals surface area contributed by atoms with Crippen molar-refractivity contribution in [2.75, 3.05) is 13.7 Å². The van der Waals surface area contributed by atoms with Gasteiger partial charge in [-0.2, -0.15) is 8.42 Å². The zero-order chi connectivity index (χ0) is 16.6. The van der Waals surface area contributed by atoms with E-state index in [1.54, 1.807) is 31.4 Å². The molecule has 0 aliphatic rings. The van der Waals surface area contributed by atoms with Crippen LogP contribution in [-0.4, -0.2) is 28.2 Å². The Morgan fingerprint density at radius 1 is 1.27 bits per heavy atom. The molecule has 2 unspecified atom stereocenters. The maximum Gasteiger partial charge on any atom is 0.297 e. The molecule has 4 nitrogen and oxygen atoms in total. The van der Waals surface area contributed by atoms with E-state index in [-0.39, 0.29) is 11.5 Å². The van der Waals surface area contributed by atoms with Crippen LogP contribution < -0.4 is 0 Å². The molecule has 0 heterocycles. The highest BCUT2D eigenvalue weighted by Crippen LogP contribution is 2.21. The molecule has 1 aromatic carbocycles. The average molecular weight is 326 g/mol. The molecule has 0 spiro atoms. The predicted octanol–water partition coefficient (Wildman–Crippen LogP) is 3.71. The molecule has 0 aromatic heterocycles. The van der Waals surface area contributed by atoms with E-state index in [2.05, 4.69) is 13.5 Å². The molecule has 124 valence electrons. The van der Waals surface area contributed by atoms with Crippen LogP contribution in [0.15, 0.2) is 41.8 Å². The Kier molecular flexibility index (Phi) is 7.79. The fraction of sp³-hybridized carbons (Fsp3) is 0.529. The van der Waals surface area contributed by atoms with Crippen LogP contribution in [0, 0.1) is 12.8 Å². The summed E-state index contributed by atoms with van der Waals surface area (Å²) in [7, 11) is -2.22. The van der Waals surface area contributed by atoms with Crippen molar-refractivity contribution in [3.05, 3.63) is 42.5 Å². The average Bonchev–Trinajstić information content (AvgIpc) is 2.45. The first-order valence-corrected chi connectivity index (χ1v) is 8.89. The highest BCUT2D eigenvalue weighted by Gasteiger charge is 2.23. The lowest BCUT2D eigenvalue weighted by Crippen LogP contribution is -2.25. The summed E-state index contributed by atoms with van der Waals surface area (Å²) >= 11 is 0. The van der Waals surface area contributed by atoms with Gasteiger partial charge in [0.05, 0.1) is 11.5 Å². The van der Waals surface area contributed by atoms with Gasteiger partial charge >= 0.3 is 0 Å². The molecule has 0 fully saturated rings. The SMILES string of the molecule is C=CCCC(C)CC(COC)OS(=O)(=O)c1ccc(C)cc1. The van der Waals surface area contributed by atoms with Crippen LogP contribution >= 0.6 is 0 Å². The van der Waals surface area contributed by atoms with Gasteiger partial charge in [0.1, 0.15) is 6.10 Å². The van der Waals surface area contributed by atoms with Crippen LogP contribution in [0.25, 0.3) is 0 Å². The van der Waals surface area contributed by atoms with Gasteiger partial charge in [0.2, 0.25) is 0 Å². The van der Waals surface area contributed by atoms with Gasteiger partial charge in [0.25, 0.3) is 10.1 Å². The first-order valence-electron chi connectivity index (χ1n) is 7.48. The van der Waals surface area contributed by atoms with E-state index < -0.39 is 16.2 Å². The summed E-state index contributed by atoms with van der Waals surface area (Å²) in [6.45, 7) is 7.94. The van der Waals surface area contributed by atoms with E-state index >= 15 is 0 Å². The van der Waals surface area contributed by atoms with Gasteiger partial charge in [-0.15, -0.1) is 6.58 Å². The Bertz CT molecular complexity index is 549. The van der Waals surface area contributed by atoms with Crippen LogP contribution in [0.2, 0.25) is 0 Å². The highest BCUT2D eigenvalue weighted by molar-refractivity contribution is 7.86. The van der Waals surface area contributed by atoms with Crippen molar-refractivity contribution in [1.82, 2.24) is 0 Å². The van der Waals surface area contributed by atoms with E-state index in [0.717, 1.165) is 18.4 Å². The quantitative estimate of drug-likeness (QED) is 0.486. The number of ether oxygens (including phenoxy) is 1. The normalized spacial score (nSPS) is 14.5. The van der Waals surface area contributed by atoms with E-state index in [9.17, 15) is 8.42 Å². The third kappa shape index (κ3) is 6.30. The van der Waals surface area contributed by atoms with Crippen molar-refractivity contribution < 1.29 is 17.3 Å². The Morgan fingerprint density at radius 3 is 2.45 bits per heavy atom. The lowest BCUT2D eigenvalue weighted by Gasteiger charge is -2.20. The molecule has 0 saturated heterocycles. The third-order valence-corrected chi connectivity index (χ3v) is 4.83. The minimum absolute atomic E-state index is 0.179. The number of hydrogen-bond acceptors (Lipinski definition) is 4. The Morgan fingerprint density at radius 2 is 1.91 bits per heavy atom. The second kappa shape index (κ2) is 9.08. The van der Waals surface area contributed by atoms with E-state index in [1.165, 1.54) is 0 Å². The summed E-state index contributed by atoms with van der Waals surface area (Å²) in [5.74, 6) is 0.339. The minimum Gasteiger partial charge on any atom is -0.382 e. The largest absolute Gasteiger partial charge is 0.382 e. The van der Waals surface area contributed by atoms with Crippen LogP contribution in [0.4, 0.5) is 0 Å². The monoisotopic (exact) mass is 326 g/mol. The van der Waals surface area contributed by atoms with Crippen LogP contribution in [-0.2, 0) is 19.0 Å². The number of hydrogen-bond donors (Lipinski definition) is 0. The molecular formula is C17H26O4S. The Balaban J connectivity index is 2.75. The fourth-order valence-corrected chi connectivity index (χ4v) is 3.30. The maximum absolute atomic E-state index is 12.3. The van der Waals surface area contributed by atoms with Crippen molar-refractivity contribution in [2.24, 2.45) is 5.92 Å². The third-order valence-electron chi connectivity index (χ3n) is 3.45. The molecule has 0 saturated carbocycles. The molecule has 5 heteroatoms. The Hall–Kier alpha value is -1.17.